The quantitative estimate of drug-likeness (QED) is 0.824. The highest BCUT2D eigenvalue weighted by Crippen LogP contribution is 2.04. The number of unbranched alkanes of at least 4 members (excludes halogenated alkanes) is 1. The summed E-state index contributed by atoms with van der Waals surface area (Å²) in [6.07, 6.45) is 3.33. The molecule has 90 valence electrons. The van der Waals surface area contributed by atoms with Crippen LogP contribution in [-0.2, 0) is 6.42 Å². The van der Waals surface area contributed by atoms with Gasteiger partial charge in [0.15, 0.2) is 0 Å². The van der Waals surface area contributed by atoms with Crippen LogP contribution in [-0.4, -0.2) is 17.6 Å². The Hall–Kier alpha value is -1.35. The molecule has 3 heteroatoms. The van der Waals surface area contributed by atoms with Crippen molar-refractivity contribution in [2.45, 2.75) is 33.1 Å². The van der Waals surface area contributed by atoms with Gasteiger partial charge in [-0.05, 0) is 37.1 Å². The van der Waals surface area contributed by atoms with Crippen molar-refractivity contribution in [1.29, 1.82) is 0 Å². The monoisotopic (exact) mass is 223 g/mol. The van der Waals surface area contributed by atoms with Gasteiger partial charge >= 0.3 is 5.97 Å². The maximum Gasteiger partial charge on any atom is 0.335 e. The van der Waals surface area contributed by atoms with Crippen LogP contribution in [0.25, 0.3) is 0 Å². The lowest BCUT2D eigenvalue weighted by atomic mass is 10.1. The van der Waals surface area contributed by atoms with E-state index in [0.717, 1.165) is 18.5 Å². The van der Waals surface area contributed by atoms with Crippen LogP contribution in [0.1, 0.15) is 42.6 Å². The highest BCUT2D eigenvalue weighted by molar-refractivity contribution is 5.87. The summed E-state index contributed by atoms with van der Waals surface area (Å²) in [5.41, 5.74) is 6.65. The van der Waals surface area contributed by atoms with Crippen LogP contribution in [0.15, 0.2) is 24.3 Å². The molecule has 0 amide bonds. The van der Waals surface area contributed by atoms with E-state index in [1.807, 2.05) is 19.1 Å². The molecule has 0 atom stereocenters. The van der Waals surface area contributed by atoms with Crippen molar-refractivity contribution in [3.63, 3.8) is 0 Å². The van der Waals surface area contributed by atoms with Crippen LogP contribution in [0.2, 0.25) is 0 Å². The summed E-state index contributed by atoms with van der Waals surface area (Å²) in [5.74, 6) is -0.868. The standard InChI is InChI=1S/C9H10O2.C4H11N/c1-2-7-3-5-8(6-4-7)9(10)11;1-2-3-4-5/h3-6H,2H2,1H3,(H,10,11);2-5H2,1H3. The molecule has 0 bridgehead atoms. The molecule has 0 unspecified atom stereocenters. The number of carbonyl (C=O) groups is 1. The van der Waals surface area contributed by atoms with Crippen LogP contribution in [0.5, 0.6) is 0 Å². The van der Waals surface area contributed by atoms with Crippen LogP contribution in [0.3, 0.4) is 0 Å². The second-order valence-electron chi connectivity index (χ2n) is 3.50. The maximum atomic E-state index is 10.4. The van der Waals surface area contributed by atoms with Crippen molar-refractivity contribution in [1.82, 2.24) is 0 Å². The highest BCUT2D eigenvalue weighted by atomic mass is 16.4. The van der Waals surface area contributed by atoms with Crippen molar-refractivity contribution < 1.29 is 9.90 Å². The van der Waals surface area contributed by atoms with Gasteiger partial charge in [0.1, 0.15) is 0 Å². The molecule has 3 nitrogen and oxygen atoms in total. The summed E-state index contributed by atoms with van der Waals surface area (Å²) >= 11 is 0. The summed E-state index contributed by atoms with van der Waals surface area (Å²) in [4.78, 5) is 10.4. The molecule has 1 rings (SSSR count). The van der Waals surface area contributed by atoms with Crippen molar-refractivity contribution in [3.8, 4) is 0 Å². The number of hydrogen-bond donors (Lipinski definition) is 2. The number of carboxylic acid groups (broad SMARTS) is 1. The Balaban J connectivity index is 0.000000385. The van der Waals surface area contributed by atoms with E-state index in [9.17, 15) is 4.79 Å². The van der Waals surface area contributed by atoms with E-state index in [1.54, 1.807) is 12.1 Å². The summed E-state index contributed by atoms with van der Waals surface area (Å²) in [5, 5.41) is 8.55. The lowest BCUT2D eigenvalue weighted by molar-refractivity contribution is 0.0697. The second kappa shape index (κ2) is 8.92. The third kappa shape index (κ3) is 6.19. The fraction of sp³-hybridized carbons (Fsp3) is 0.462. The lowest BCUT2D eigenvalue weighted by Gasteiger charge is -1.96. The van der Waals surface area contributed by atoms with E-state index in [4.69, 9.17) is 10.8 Å². The zero-order valence-corrected chi connectivity index (χ0v) is 10.1. The van der Waals surface area contributed by atoms with Gasteiger partial charge in [0.25, 0.3) is 0 Å². The number of carboxylic acids is 1. The first-order valence-corrected chi connectivity index (χ1v) is 5.68. The van der Waals surface area contributed by atoms with Gasteiger partial charge in [0.2, 0.25) is 0 Å². The van der Waals surface area contributed by atoms with Crippen LogP contribution < -0.4 is 5.73 Å². The van der Waals surface area contributed by atoms with Gasteiger partial charge in [0.05, 0.1) is 5.56 Å². The third-order valence-electron chi connectivity index (χ3n) is 2.17. The van der Waals surface area contributed by atoms with Crippen LogP contribution in [0.4, 0.5) is 0 Å². The second-order valence-corrected chi connectivity index (χ2v) is 3.50. The van der Waals surface area contributed by atoms with Gasteiger partial charge in [-0.2, -0.15) is 0 Å². The topological polar surface area (TPSA) is 63.3 Å². The Labute approximate surface area is 97.3 Å². The molecule has 0 aliphatic rings. The van der Waals surface area contributed by atoms with Gasteiger partial charge < -0.3 is 10.8 Å². The molecule has 1 aromatic rings. The highest BCUT2D eigenvalue weighted by Gasteiger charge is 1.99. The van der Waals surface area contributed by atoms with E-state index in [0.29, 0.717) is 5.56 Å². The molecule has 3 N–H and O–H groups in total. The van der Waals surface area contributed by atoms with Crippen molar-refractivity contribution in [2.24, 2.45) is 5.73 Å². The third-order valence-corrected chi connectivity index (χ3v) is 2.17. The zero-order chi connectivity index (χ0) is 12.4. The van der Waals surface area contributed by atoms with Gasteiger partial charge in [0, 0.05) is 0 Å². The molecule has 0 fully saturated rings. The average molecular weight is 223 g/mol. The number of rotatable bonds is 4. The number of aryl methyl sites for hydroxylation is 1. The van der Waals surface area contributed by atoms with Gasteiger partial charge in [-0.15, -0.1) is 0 Å². The van der Waals surface area contributed by atoms with Crippen LogP contribution in [0, 0.1) is 0 Å². The molecular weight excluding hydrogens is 202 g/mol. The van der Waals surface area contributed by atoms with E-state index >= 15 is 0 Å². The molecule has 1 aromatic carbocycles. The van der Waals surface area contributed by atoms with Crippen molar-refractivity contribution in [3.05, 3.63) is 35.4 Å². The minimum absolute atomic E-state index is 0.349. The fourth-order valence-electron chi connectivity index (χ4n) is 1.09. The maximum absolute atomic E-state index is 10.4. The molecule has 0 aromatic heterocycles. The summed E-state index contributed by atoms with van der Waals surface area (Å²) in [6.45, 7) is 5.01. The number of benzene rings is 1. The summed E-state index contributed by atoms with van der Waals surface area (Å²) in [7, 11) is 0. The smallest absolute Gasteiger partial charge is 0.335 e. The minimum Gasteiger partial charge on any atom is -0.478 e. The Kier molecular flexibility index (Phi) is 8.17. The number of hydrogen-bond acceptors (Lipinski definition) is 2. The molecule has 16 heavy (non-hydrogen) atoms. The van der Waals surface area contributed by atoms with E-state index in [2.05, 4.69) is 6.92 Å². The van der Waals surface area contributed by atoms with Gasteiger partial charge in [-0.1, -0.05) is 32.4 Å². The molecule has 0 aliphatic carbocycles. The Morgan fingerprint density at radius 3 is 2.06 bits per heavy atom. The van der Waals surface area contributed by atoms with Gasteiger partial charge in [-0.25, -0.2) is 4.79 Å². The molecular formula is C13H21NO2. The first-order valence-electron chi connectivity index (χ1n) is 5.68. The number of aromatic carboxylic acids is 1. The largest absolute Gasteiger partial charge is 0.478 e. The molecule has 0 spiro atoms. The first-order chi connectivity index (χ1) is 7.65. The Morgan fingerprint density at radius 1 is 1.25 bits per heavy atom. The first kappa shape index (κ1) is 14.6. The normalized spacial score (nSPS) is 9.19. The number of nitrogens with two attached hydrogens (primary N) is 1. The Morgan fingerprint density at radius 2 is 1.81 bits per heavy atom. The van der Waals surface area contributed by atoms with E-state index < -0.39 is 5.97 Å². The molecule has 0 aliphatic heterocycles. The van der Waals surface area contributed by atoms with E-state index in [1.165, 1.54) is 12.8 Å². The summed E-state index contributed by atoms with van der Waals surface area (Å²) < 4.78 is 0. The average Bonchev–Trinajstić information content (AvgIpc) is 2.31. The van der Waals surface area contributed by atoms with Crippen molar-refractivity contribution >= 4 is 5.97 Å². The fourth-order valence-corrected chi connectivity index (χ4v) is 1.09. The summed E-state index contributed by atoms with van der Waals surface area (Å²) in [6, 6.07) is 6.93. The minimum atomic E-state index is -0.868. The zero-order valence-electron chi connectivity index (χ0n) is 10.1. The molecule has 0 heterocycles. The predicted molar refractivity (Wildman–Crippen MR) is 66.7 cm³/mol. The van der Waals surface area contributed by atoms with Gasteiger partial charge in [-0.3, -0.25) is 0 Å². The van der Waals surface area contributed by atoms with Crippen LogP contribution >= 0.6 is 0 Å². The predicted octanol–water partition coefficient (Wildman–Crippen LogP) is 2.69. The Bertz CT molecular complexity index is 291. The molecule has 0 radical (unpaired) electrons. The van der Waals surface area contributed by atoms with E-state index in [-0.39, 0.29) is 0 Å². The SMILES string of the molecule is CCCCN.CCc1ccc(C(=O)O)cc1. The lowest BCUT2D eigenvalue weighted by Crippen LogP contribution is -1.95. The molecule has 0 saturated carbocycles. The molecule has 0 saturated heterocycles. The van der Waals surface area contributed by atoms with Crippen molar-refractivity contribution in [2.75, 3.05) is 6.54 Å².